The topological polar surface area (TPSA) is 85.4 Å². The molecule has 4 N–H and O–H groups in total. The van der Waals surface area contributed by atoms with E-state index in [0.717, 1.165) is 49.5 Å². The highest BCUT2D eigenvalue weighted by molar-refractivity contribution is 5.90. The van der Waals surface area contributed by atoms with Crippen LogP contribution in [0.3, 0.4) is 0 Å². The fraction of sp³-hybridized carbons (Fsp3) is 0.240. The lowest BCUT2D eigenvalue weighted by Crippen LogP contribution is -2.27. The summed E-state index contributed by atoms with van der Waals surface area (Å²) in [6, 6.07) is 10.2. The number of rotatable bonds is 7. The number of hydrogen-bond donors (Lipinski definition) is 4. The van der Waals surface area contributed by atoms with E-state index in [1.54, 1.807) is 7.11 Å². The maximum absolute atomic E-state index is 10.2. The van der Waals surface area contributed by atoms with Gasteiger partial charge in [-0.3, -0.25) is 0 Å². The van der Waals surface area contributed by atoms with Gasteiger partial charge in [0.15, 0.2) is 0 Å². The number of para-hydroxylation sites is 1. The second-order valence-corrected chi connectivity index (χ2v) is 7.65. The minimum Gasteiger partial charge on any atom is -0.494 e. The molecule has 0 bridgehead atoms. The molecule has 2 aromatic heterocycles. The summed E-state index contributed by atoms with van der Waals surface area (Å²) in [5, 5.41) is 17.2. The summed E-state index contributed by atoms with van der Waals surface area (Å²) in [5.74, 6) is 0.626. The predicted octanol–water partition coefficient (Wildman–Crippen LogP) is 0.657. The van der Waals surface area contributed by atoms with Crippen molar-refractivity contribution in [2.24, 2.45) is 4.99 Å². The lowest BCUT2D eigenvalue weighted by atomic mass is 10.1. The molecule has 0 radical (unpaired) electrons. The van der Waals surface area contributed by atoms with Gasteiger partial charge in [-0.25, -0.2) is 4.99 Å². The van der Waals surface area contributed by atoms with Gasteiger partial charge in [0.2, 0.25) is 0 Å². The Morgan fingerprint density at radius 2 is 2.03 bits per heavy atom. The molecule has 0 atom stereocenters. The molecule has 3 heterocycles. The van der Waals surface area contributed by atoms with Crippen molar-refractivity contribution in [1.29, 1.82) is 0 Å². The van der Waals surface area contributed by atoms with Gasteiger partial charge in [0.05, 0.1) is 35.5 Å². The van der Waals surface area contributed by atoms with Gasteiger partial charge in [-0.2, -0.15) is 0 Å². The number of fused-ring (bicyclic) bond motifs is 1. The van der Waals surface area contributed by atoms with Gasteiger partial charge in [0, 0.05) is 40.8 Å². The summed E-state index contributed by atoms with van der Waals surface area (Å²) in [6.45, 7) is 9.06. The average Bonchev–Trinajstić information content (AvgIpc) is 3.40. The maximum atomic E-state index is 10.2. The first-order valence-corrected chi connectivity index (χ1v) is 10.3. The number of hydrogen-bond acceptors (Lipinski definition) is 4. The monoisotopic (exact) mass is 416 g/mol. The van der Waals surface area contributed by atoms with Crippen LogP contribution < -0.4 is 31.3 Å². The fourth-order valence-corrected chi connectivity index (χ4v) is 4.10. The van der Waals surface area contributed by atoms with Crippen molar-refractivity contribution in [2.75, 3.05) is 20.2 Å². The third-order valence-corrected chi connectivity index (χ3v) is 5.50. The number of aliphatic hydroxyl groups excluding tert-OH is 1. The van der Waals surface area contributed by atoms with Crippen LogP contribution in [-0.2, 0) is 6.61 Å². The van der Waals surface area contributed by atoms with Crippen LogP contribution in [0, 0.1) is 13.8 Å². The zero-order valence-electron chi connectivity index (χ0n) is 18.2. The van der Waals surface area contributed by atoms with Gasteiger partial charge in [-0.15, -0.1) is 6.58 Å². The maximum Gasteiger partial charge on any atom is 0.150 e. The van der Waals surface area contributed by atoms with Gasteiger partial charge in [0.25, 0.3) is 0 Å². The largest absolute Gasteiger partial charge is 0.494 e. The molecule has 0 fully saturated rings. The second-order valence-electron chi connectivity index (χ2n) is 7.65. The first kappa shape index (κ1) is 20.9. The molecule has 0 aliphatic carbocycles. The Bertz CT molecular complexity index is 1380. The highest BCUT2D eigenvalue weighted by atomic mass is 16.5. The molecule has 0 unspecified atom stereocenters. The lowest BCUT2D eigenvalue weighted by molar-refractivity contribution is 0.273. The predicted molar refractivity (Wildman–Crippen MR) is 123 cm³/mol. The summed E-state index contributed by atoms with van der Waals surface area (Å²) in [4.78, 5) is 11.7. The summed E-state index contributed by atoms with van der Waals surface area (Å²) in [5.41, 5.74) is 5.84. The normalized spacial score (nSPS) is 15.2. The molecule has 4 rings (SSSR count). The number of aromatic nitrogens is 2. The second kappa shape index (κ2) is 8.79. The molecule has 1 aliphatic heterocycles. The van der Waals surface area contributed by atoms with Gasteiger partial charge < -0.3 is 25.1 Å². The molecular formula is C25H28N4O2. The smallest absolute Gasteiger partial charge is 0.150 e. The lowest BCUT2D eigenvalue weighted by Gasteiger charge is -2.06. The quantitative estimate of drug-likeness (QED) is 0.337. The molecule has 0 spiro atoms. The number of benzene rings is 1. The van der Waals surface area contributed by atoms with Crippen molar-refractivity contribution in [3.63, 3.8) is 0 Å². The molecule has 0 saturated heterocycles. The molecule has 3 aromatic rings. The Kier molecular flexibility index (Phi) is 5.93. The van der Waals surface area contributed by atoms with Crippen molar-refractivity contribution >= 4 is 17.3 Å². The van der Waals surface area contributed by atoms with E-state index >= 15 is 0 Å². The van der Waals surface area contributed by atoms with E-state index in [1.807, 2.05) is 37.3 Å². The van der Waals surface area contributed by atoms with Crippen molar-refractivity contribution < 1.29 is 9.84 Å². The first-order valence-electron chi connectivity index (χ1n) is 10.3. The number of aromatic amines is 2. The summed E-state index contributed by atoms with van der Waals surface area (Å²) in [6.07, 6.45) is 3.85. The van der Waals surface area contributed by atoms with Crippen LogP contribution in [0.15, 0.2) is 48.0 Å². The number of aryl methyl sites for hydroxylation is 2. The van der Waals surface area contributed by atoms with E-state index in [2.05, 4.69) is 40.9 Å². The molecule has 1 aliphatic rings. The van der Waals surface area contributed by atoms with E-state index in [9.17, 15) is 5.11 Å². The Morgan fingerprint density at radius 3 is 2.71 bits per heavy atom. The number of methoxy groups -OCH3 is 1. The summed E-state index contributed by atoms with van der Waals surface area (Å²) >= 11 is 0. The summed E-state index contributed by atoms with van der Waals surface area (Å²) in [7, 11) is 1.62. The Balaban J connectivity index is 2.01. The van der Waals surface area contributed by atoms with Crippen molar-refractivity contribution in [2.45, 2.75) is 20.5 Å². The molecule has 0 saturated carbocycles. The van der Waals surface area contributed by atoms with E-state index in [-0.39, 0.29) is 6.61 Å². The zero-order chi connectivity index (χ0) is 22.0. The Morgan fingerprint density at radius 1 is 1.23 bits per heavy atom. The average molecular weight is 417 g/mol. The van der Waals surface area contributed by atoms with E-state index < -0.39 is 0 Å². The highest BCUT2D eigenvalue weighted by Crippen LogP contribution is 2.17. The number of aliphatic hydroxyl groups is 1. The molecule has 31 heavy (non-hydrogen) atoms. The fourth-order valence-electron chi connectivity index (χ4n) is 4.10. The molecule has 0 amide bonds. The van der Waals surface area contributed by atoms with Crippen molar-refractivity contribution in [1.82, 2.24) is 15.3 Å². The van der Waals surface area contributed by atoms with Gasteiger partial charge >= 0.3 is 0 Å². The minimum atomic E-state index is -0.158. The van der Waals surface area contributed by atoms with Crippen LogP contribution >= 0.6 is 0 Å². The Hall–Kier alpha value is -3.35. The van der Waals surface area contributed by atoms with E-state index in [0.29, 0.717) is 24.4 Å². The summed E-state index contributed by atoms with van der Waals surface area (Å²) < 4.78 is 5.71. The standard InChI is InChI=1S/C25H28N4O2/c1-5-10-26-13-18-17-8-6-7-9-20(17)28-23(18)24-19(14-30)25(31-4)22(29-24)12-21-15(2)11-16(3)27-21/h5-9,11-12,26-27,29-30H,1,10,13-14H2,2-4H3/b22-12?,24-23-. The number of nitrogens with zero attached hydrogens (tertiary/aromatic N) is 1. The van der Waals surface area contributed by atoms with Crippen molar-refractivity contribution in [3.05, 3.63) is 86.8 Å². The van der Waals surface area contributed by atoms with Gasteiger partial charge in [-0.1, -0.05) is 24.3 Å². The van der Waals surface area contributed by atoms with Crippen molar-refractivity contribution in [3.8, 4) is 5.75 Å². The minimum absolute atomic E-state index is 0.158. The number of nitrogens with one attached hydrogen (secondary N) is 3. The van der Waals surface area contributed by atoms with Gasteiger partial charge in [-0.05, 0) is 37.6 Å². The highest BCUT2D eigenvalue weighted by Gasteiger charge is 2.19. The zero-order valence-corrected chi connectivity index (χ0v) is 18.2. The third-order valence-electron chi connectivity index (χ3n) is 5.50. The Labute approximate surface area is 181 Å². The van der Waals surface area contributed by atoms with Crippen LogP contribution in [-0.4, -0.2) is 35.3 Å². The van der Waals surface area contributed by atoms with E-state index in [1.165, 1.54) is 0 Å². The van der Waals surface area contributed by atoms with E-state index in [4.69, 9.17) is 9.73 Å². The molecule has 1 aromatic carbocycles. The van der Waals surface area contributed by atoms with Crippen LogP contribution in [0.2, 0.25) is 0 Å². The molecule has 6 heteroatoms. The number of ether oxygens (including phenoxy) is 1. The third kappa shape index (κ3) is 3.87. The van der Waals surface area contributed by atoms with Crippen LogP contribution in [0.5, 0.6) is 5.75 Å². The molecular weight excluding hydrogens is 388 g/mol. The van der Waals surface area contributed by atoms with Crippen LogP contribution in [0.4, 0.5) is 0 Å². The first-order chi connectivity index (χ1) is 15.1. The molecule has 6 nitrogen and oxygen atoms in total. The SMILES string of the molecule is C=CCNCC1=c2ccccc2=N/C1=c1\[nH]c(=Cc2[nH]c(C)cc2C)c(OC)c1CO. The van der Waals surface area contributed by atoms with Crippen LogP contribution in [0.1, 0.15) is 22.5 Å². The van der Waals surface area contributed by atoms with Gasteiger partial charge in [0.1, 0.15) is 5.75 Å². The molecule has 160 valence electrons. The number of H-pyrrole nitrogens is 2. The van der Waals surface area contributed by atoms with Crippen LogP contribution in [0.25, 0.3) is 17.3 Å².